The van der Waals surface area contributed by atoms with E-state index in [0.29, 0.717) is 22.4 Å². The molecule has 1 aromatic heterocycles. The van der Waals surface area contributed by atoms with Gasteiger partial charge in [-0.05, 0) is 18.2 Å². The molecule has 7 nitrogen and oxygen atoms in total. The van der Waals surface area contributed by atoms with Gasteiger partial charge in [0, 0.05) is 18.6 Å². The highest BCUT2D eigenvalue weighted by atomic mass is 16.7. The van der Waals surface area contributed by atoms with Crippen LogP contribution in [0.15, 0.2) is 49.1 Å². The Morgan fingerprint density at radius 2 is 2.12 bits per heavy atom. The highest BCUT2D eigenvalue weighted by molar-refractivity contribution is 5.95. The summed E-state index contributed by atoms with van der Waals surface area (Å²) in [6.45, 7) is 4.91. The maximum atomic E-state index is 11.3. The number of nitrogens with zero attached hydrogens (tertiary/aromatic N) is 2. The lowest BCUT2D eigenvalue weighted by Crippen LogP contribution is -2.19. The molecule has 0 aliphatic rings. The normalized spacial score (nSPS) is 11.9. The molecule has 0 bridgehead atoms. The van der Waals surface area contributed by atoms with Gasteiger partial charge in [0.15, 0.2) is 0 Å². The van der Waals surface area contributed by atoms with Gasteiger partial charge >= 0.3 is 5.97 Å². The minimum absolute atomic E-state index is 0.0187. The molecule has 2 N–H and O–H groups in total. The van der Waals surface area contributed by atoms with Gasteiger partial charge in [0.2, 0.25) is 6.29 Å². The molecular weight excluding hydrogens is 310 g/mol. The number of hydrogen-bond donors (Lipinski definition) is 2. The van der Waals surface area contributed by atoms with Crippen LogP contribution in [0.5, 0.6) is 11.5 Å². The van der Waals surface area contributed by atoms with E-state index in [2.05, 4.69) is 22.0 Å². The third-order valence-electron chi connectivity index (χ3n) is 3.37. The van der Waals surface area contributed by atoms with Crippen molar-refractivity contribution in [2.24, 2.45) is 0 Å². The van der Waals surface area contributed by atoms with E-state index < -0.39 is 12.3 Å². The van der Waals surface area contributed by atoms with Crippen LogP contribution in [0.1, 0.15) is 6.92 Å². The van der Waals surface area contributed by atoms with Crippen molar-refractivity contribution in [2.75, 3.05) is 0 Å². The second kappa shape index (κ2) is 6.41. The lowest BCUT2D eigenvalue weighted by molar-refractivity contribution is -0.154. The highest BCUT2D eigenvalue weighted by Crippen LogP contribution is 2.40. The third kappa shape index (κ3) is 2.91. The summed E-state index contributed by atoms with van der Waals surface area (Å²) in [5, 5.41) is 20.9. The topological polar surface area (TPSA) is 97.3 Å². The van der Waals surface area contributed by atoms with Crippen molar-refractivity contribution in [3.8, 4) is 22.6 Å². The maximum absolute atomic E-state index is 11.3. The second-order valence-electron chi connectivity index (χ2n) is 4.99. The molecule has 0 saturated carbocycles. The van der Waals surface area contributed by atoms with Crippen molar-refractivity contribution in [1.29, 1.82) is 0 Å². The van der Waals surface area contributed by atoms with Crippen molar-refractivity contribution in [3.63, 3.8) is 0 Å². The average Bonchev–Trinajstić information content (AvgIpc) is 3.03. The number of phenolic OH excluding ortho intramolecular Hbond substituents is 1. The number of phenols is 1. The summed E-state index contributed by atoms with van der Waals surface area (Å²) in [5.74, 6) is -0.220. The Bertz CT molecular complexity index is 904. The minimum Gasteiger partial charge on any atom is -0.507 e. The molecule has 2 aromatic carbocycles. The zero-order valence-corrected chi connectivity index (χ0v) is 12.9. The fourth-order valence-corrected chi connectivity index (χ4v) is 2.38. The molecule has 1 unspecified atom stereocenters. The van der Waals surface area contributed by atoms with Gasteiger partial charge in [0.25, 0.3) is 0 Å². The molecule has 122 valence electrons. The molecule has 0 fully saturated rings. The van der Waals surface area contributed by atoms with Crippen LogP contribution in [-0.4, -0.2) is 32.8 Å². The summed E-state index contributed by atoms with van der Waals surface area (Å²) in [4.78, 5) is 11.3. The number of nitrogens with one attached hydrogen (secondary N) is 1. The van der Waals surface area contributed by atoms with Crippen molar-refractivity contribution < 1.29 is 19.4 Å². The number of carbonyl (C=O) groups is 1. The van der Waals surface area contributed by atoms with Gasteiger partial charge in [-0.2, -0.15) is 0 Å². The quantitative estimate of drug-likeness (QED) is 0.425. The number of aromatic amines is 1. The Morgan fingerprint density at radius 3 is 2.92 bits per heavy atom. The predicted octanol–water partition coefficient (Wildman–Crippen LogP) is 2.78. The zero-order valence-electron chi connectivity index (χ0n) is 12.9. The Morgan fingerprint density at radius 1 is 1.33 bits per heavy atom. The molecule has 0 aliphatic carbocycles. The predicted molar refractivity (Wildman–Crippen MR) is 87.4 cm³/mol. The van der Waals surface area contributed by atoms with Crippen molar-refractivity contribution in [2.45, 2.75) is 13.2 Å². The molecule has 1 heterocycles. The van der Waals surface area contributed by atoms with Crippen LogP contribution in [0.4, 0.5) is 0 Å². The smallest absolute Gasteiger partial charge is 0.333 e. The first-order valence-electron chi connectivity index (χ1n) is 7.22. The monoisotopic (exact) mass is 325 g/mol. The van der Waals surface area contributed by atoms with E-state index in [1.165, 1.54) is 0 Å². The van der Waals surface area contributed by atoms with E-state index in [-0.39, 0.29) is 5.75 Å². The molecule has 0 aliphatic heterocycles. The van der Waals surface area contributed by atoms with Crippen LogP contribution in [0.3, 0.4) is 0 Å². The summed E-state index contributed by atoms with van der Waals surface area (Å²) in [5.41, 5.74) is 2.42. The summed E-state index contributed by atoms with van der Waals surface area (Å²) in [6.07, 6.45) is 0.201. The molecule has 0 amide bonds. The van der Waals surface area contributed by atoms with Crippen LogP contribution in [0.2, 0.25) is 0 Å². The molecule has 24 heavy (non-hydrogen) atoms. The van der Waals surface area contributed by atoms with E-state index >= 15 is 0 Å². The molecule has 3 rings (SSSR count). The van der Waals surface area contributed by atoms with Crippen LogP contribution in [0.25, 0.3) is 22.2 Å². The number of benzene rings is 2. The van der Waals surface area contributed by atoms with Crippen LogP contribution in [-0.2, 0) is 9.53 Å². The highest BCUT2D eigenvalue weighted by Gasteiger charge is 2.18. The number of carbonyl (C=O) groups excluding carboxylic acids is 1. The zero-order chi connectivity index (χ0) is 17.1. The molecule has 7 heteroatoms. The lowest BCUT2D eigenvalue weighted by atomic mass is 10.0. The van der Waals surface area contributed by atoms with Gasteiger partial charge in [-0.1, -0.05) is 30.0 Å². The van der Waals surface area contributed by atoms with E-state index in [1.54, 1.807) is 31.2 Å². The third-order valence-corrected chi connectivity index (χ3v) is 3.37. The van der Waals surface area contributed by atoms with Gasteiger partial charge in [0.1, 0.15) is 17.0 Å². The fourth-order valence-electron chi connectivity index (χ4n) is 2.38. The Balaban J connectivity index is 2.04. The lowest BCUT2D eigenvalue weighted by Gasteiger charge is -2.18. The molecule has 3 aromatic rings. The van der Waals surface area contributed by atoms with Crippen LogP contribution < -0.4 is 4.74 Å². The van der Waals surface area contributed by atoms with Gasteiger partial charge in [0.05, 0.1) is 11.1 Å². The number of hydrogen-bond acceptors (Lipinski definition) is 6. The second-order valence-corrected chi connectivity index (χ2v) is 4.99. The number of rotatable bonds is 5. The van der Waals surface area contributed by atoms with E-state index in [1.807, 2.05) is 12.1 Å². The number of aromatic hydroxyl groups is 1. The van der Waals surface area contributed by atoms with E-state index in [4.69, 9.17) is 9.47 Å². The number of aromatic nitrogens is 3. The van der Waals surface area contributed by atoms with Gasteiger partial charge in [-0.3, -0.25) is 5.10 Å². The first-order valence-corrected chi connectivity index (χ1v) is 7.22. The largest absolute Gasteiger partial charge is 0.507 e. The van der Waals surface area contributed by atoms with Crippen molar-refractivity contribution >= 4 is 17.0 Å². The summed E-state index contributed by atoms with van der Waals surface area (Å²) < 4.78 is 10.7. The average molecular weight is 325 g/mol. The van der Waals surface area contributed by atoms with Gasteiger partial charge < -0.3 is 14.6 Å². The molecule has 0 spiro atoms. The van der Waals surface area contributed by atoms with Gasteiger partial charge in [-0.15, -0.1) is 5.10 Å². The number of H-pyrrole nitrogens is 1. The standard InChI is InChI=1S/C17H15N3O4/c1-3-15(22)24-10(2)23-14-9-5-8-13(21)16(14)11-6-4-7-12-17(11)19-20-18-12/h3-10,21H,1H2,2H3,(H,18,19,20). The summed E-state index contributed by atoms with van der Waals surface area (Å²) in [7, 11) is 0. The molecular formula is C17H15N3O4. The van der Waals surface area contributed by atoms with E-state index in [0.717, 1.165) is 11.6 Å². The molecule has 1 atom stereocenters. The first-order chi connectivity index (χ1) is 11.6. The Kier molecular flexibility index (Phi) is 4.15. The SMILES string of the molecule is C=CC(=O)OC(C)Oc1cccc(O)c1-c1cccc2[nH]nnc12. The number of esters is 1. The fraction of sp³-hybridized carbons (Fsp3) is 0.118. The van der Waals surface area contributed by atoms with Gasteiger partial charge in [-0.25, -0.2) is 4.79 Å². The minimum atomic E-state index is -0.854. The maximum Gasteiger partial charge on any atom is 0.333 e. The Labute approximate surface area is 137 Å². The van der Waals surface area contributed by atoms with Crippen molar-refractivity contribution in [1.82, 2.24) is 15.4 Å². The number of fused-ring (bicyclic) bond motifs is 1. The van der Waals surface area contributed by atoms with Crippen molar-refractivity contribution in [3.05, 3.63) is 49.1 Å². The Hall–Kier alpha value is -3.35. The first kappa shape index (κ1) is 15.5. The molecule has 0 saturated heterocycles. The number of ether oxygens (including phenoxy) is 2. The van der Waals surface area contributed by atoms with Crippen LogP contribution >= 0.6 is 0 Å². The molecule has 0 radical (unpaired) electrons. The summed E-state index contributed by atoms with van der Waals surface area (Å²) in [6, 6.07) is 10.3. The van der Waals surface area contributed by atoms with Crippen LogP contribution in [0, 0.1) is 0 Å². The van der Waals surface area contributed by atoms with E-state index in [9.17, 15) is 9.90 Å². The summed E-state index contributed by atoms with van der Waals surface area (Å²) >= 11 is 0.